The molecule has 37 heavy (non-hydrogen) atoms. The lowest BCUT2D eigenvalue weighted by Gasteiger charge is -2.25. The van der Waals surface area contributed by atoms with Gasteiger partial charge in [-0.3, -0.25) is 14.0 Å². The molecule has 3 aromatic rings. The van der Waals surface area contributed by atoms with Gasteiger partial charge in [0.2, 0.25) is 5.78 Å². The van der Waals surface area contributed by atoms with Gasteiger partial charge in [0.1, 0.15) is 12.4 Å². The number of fused-ring (bicyclic) bond motifs is 1. The minimum absolute atomic E-state index is 0.00405. The number of hydrogen-bond donors (Lipinski definition) is 2. The summed E-state index contributed by atoms with van der Waals surface area (Å²) < 4.78 is 33.0. The highest BCUT2D eigenvalue weighted by Crippen LogP contribution is 2.38. The molecule has 0 radical (unpaired) electrons. The first-order valence-corrected chi connectivity index (χ1v) is 14.3. The third-order valence-corrected chi connectivity index (χ3v) is 8.55. The van der Waals surface area contributed by atoms with Gasteiger partial charge >= 0.3 is 10.3 Å². The second kappa shape index (κ2) is 10.6. The Hall–Kier alpha value is -2.61. The minimum Gasteiger partial charge on any atom is -0.393 e. The number of nitrogens with two attached hydrogens (primary N) is 1. The number of aliphatic hydroxyl groups is 1. The molecule has 0 spiro atoms. The van der Waals surface area contributed by atoms with E-state index in [4.69, 9.17) is 9.88 Å². The van der Waals surface area contributed by atoms with E-state index in [1.807, 2.05) is 19.1 Å². The van der Waals surface area contributed by atoms with Crippen molar-refractivity contribution < 1.29 is 27.2 Å². The van der Waals surface area contributed by atoms with Gasteiger partial charge in [-0.15, -0.1) is 11.3 Å². The molecule has 0 amide bonds. The Kier molecular flexibility index (Phi) is 7.48. The first kappa shape index (κ1) is 26.0. The van der Waals surface area contributed by atoms with Crippen LogP contribution >= 0.6 is 11.3 Å². The molecule has 196 valence electrons. The molecule has 0 aromatic carbocycles. The van der Waals surface area contributed by atoms with E-state index in [1.165, 1.54) is 23.9 Å². The summed E-state index contributed by atoms with van der Waals surface area (Å²) in [4.78, 5) is 28.2. The number of ether oxygens (including phenoxy) is 1. The molecule has 1 aliphatic carbocycles. The number of rotatable bonds is 8. The lowest BCUT2D eigenvalue weighted by molar-refractivity contribution is 0.0663. The van der Waals surface area contributed by atoms with Gasteiger partial charge in [0.15, 0.2) is 0 Å². The maximum absolute atomic E-state index is 13.6. The van der Waals surface area contributed by atoms with Gasteiger partial charge in [-0.1, -0.05) is 6.07 Å². The molecule has 1 unspecified atom stereocenters. The summed E-state index contributed by atoms with van der Waals surface area (Å²) in [6, 6.07) is 5.87. The number of aryl methyl sites for hydroxylation is 1. The van der Waals surface area contributed by atoms with Crippen LogP contribution in [0, 0.1) is 18.8 Å². The molecule has 0 bridgehead atoms. The molecule has 1 aliphatic heterocycles. The minimum atomic E-state index is -4.07. The largest absolute Gasteiger partial charge is 0.393 e. The van der Waals surface area contributed by atoms with Crippen LogP contribution in [-0.4, -0.2) is 53.6 Å². The van der Waals surface area contributed by atoms with Crippen LogP contribution in [0.25, 0.3) is 0 Å². The summed E-state index contributed by atoms with van der Waals surface area (Å²) in [5.41, 5.74) is 3.99. The van der Waals surface area contributed by atoms with Gasteiger partial charge in [-0.05, 0) is 56.2 Å². The van der Waals surface area contributed by atoms with Crippen molar-refractivity contribution in [1.82, 2.24) is 15.0 Å². The fraction of sp³-hybridized carbons (Fsp3) is 0.440. The lowest BCUT2D eigenvalue weighted by atomic mass is 9.95. The zero-order chi connectivity index (χ0) is 26.2. The summed E-state index contributed by atoms with van der Waals surface area (Å²) in [6.07, 6.45) is 5.90. The highest BCUT2D eigenvalue weighted by molar-refractivity contribution is 7.84. The van der Waals surface area contributed by atoms with Crippen LogP contribution in [0.5, 0.6) is 0 Å². The first-order valence-electron chi connectivity index (χ1n) is 12.0. The van der Waals surface area contributed by atoms with Crippen LogP contribution in [0.3, 0.4) is 0 Å². The van der Waals surface area contributed by atoms with E-state index in [9.17, 15) is 18.3 Å². The molecule has 1 saturated carbocycles. The molecule has 1 fully saturated rings. The number of hydrogen-bond acceptors (Lipinski definition) is 10. The SMILES string of the molecule is Cc1sc(C(=O)c2cncnc2C[C@@H]2C[C@H](COS(N)(=O)=O)[C@@H](O)C2)cc1C1OCCc2cccnc21. The number of carbonyl (C=O) groups is 1. The number of aliphatic hydroxyl groups excluding tert-OH is 1. The smallest absolute Gasteiger partial charge is 0.333 e. The van der Waals surface area contributed by atoms with Crippen molar-refractivity contribution in [3.8, 4) is 0 Å². The van der Waals surface area contributed by atoms with Crippen LogP contribution in [0.15, 0.2) is 36.9 Å². The quantitative estimate of drug-likeness (QED) is 0.406. The normalized spacial score (nSPS) is 23.6. The van der Waals surface area contributed by atoms with Gasteiger partial charge < -0.3 is 9.84 Å². The topological polar surface area (TPSA) is 155 Å². The van der Waals surface area contributed by atoms with E-state index < -0.39 is 16.4 Å². The molecule has 12 heteroatoms. The third-order valence-electron chi connectivity index (χ3n) is 7.02. The third kappa shape index (κ3) is 5.79. The van der Waals surface area contributed by atoms with E-state index in [0.29, 0.717) is 42.0 Å². The molecule has 2 aliphatic rings. The fourth-order valence-electron chi connectivity index (χ4n) is 5.23. The van der Waals surface area contributed by atoms with Gasteiger partial charge in [0.05, 0.1) is 41.1 Å². The number of ketones is 1. The second-order valence-corrected chi connectivity index (χ2v) is 12.0. The summed E-state index contributed by atoms with van der Waals surface area (Å²) >= 11 is 1.41. The van der Waals surface area contributed by atoms with E-state index in [0.717, 1.165) is 28.1 Å². The average molecular weight is 545 g/mol. The van der Waals surface area contributed by atoms with Crippen molar-refractivity contribution >= 4 is 27.4 Å². The fourth-order valence-corrected chi connectivity index (χ4v) is 6.59. The number of aromatic nitrogens is 3. The Balaban J connectivity index is 1.34. The Morgan fingerprint density at radius 3 is 2.97 bits per heavy atom. The van der Waals surface area contributed by atoms with Crippen molar-refractivity contribution in [2.75, 3.05) is 13.2 Å². The highest BCUT2D eigenvalue weighted by Gasteiger charge is 2.35. The molecule has 3 N–H and O–H groups in total. The van der Waals surface area contributed by atoms with Crippen LogP contribution < -0.4 is 5.14 Å². The number of nitrogens with zero attached hydrogens (tertiary/aromatic N) is 3. The van der Waals surface area contributed by atoms with Gasteiger partial charge in [-0.2, -0.15) is 8.42 Å². The predicted molar refractivity (Wildman–Crippen MR) is 135 cm³/mol. The Labute approximate surface area is 219 Å². The van der Waals surface area contributed by atoms with Crippen molar-refractivity contribution in [2.45, 2.75) is 44.8 Å². The summed E-state index contributed by atoms with van der Waals surface area (Å²) in [5, 5.41) is 15.3. The molecule has 4 atom stereocenters. The van der Waals surface area contributed by atoms with E-state index in [1.54, 1.807) is 6.20 Å². The number of pyridine rings is 1. The van der Waals surface area contributed by atoms with Crippen molar-refractivity contribution in [3.63, 3.8) is 0 Å². The van der Waals surface area contributed by atoms with E-state index in [-0.39, 0.29) is 30.3 Å². The van der Waals surface area contributed by atoms with E-state index in [2.05, 4.69) is 25.2 Å². The zero-order valence-electron chi connectivity index (χ0n) is 20.2. The Bertz CT molecular complexity index is 1410. The number of thiophene rings is 1. The van der Waals surface area contributed by atoms with Gasteiger partial charge in [-0.25, -0.2) is 15.1 Å². The van der Waals surface area contributed by atoms with Crippen LogP contribution in [0.1, 0.15) is 61.6 Å². The van der Waals surface area contributed by atoms with Crippen LogP contribution in [-0.2, 0) is 32.1 Å². The standard InChI is InChI=1S/C25H28N4O6S2/c1-14-18(25-23-16(4-6-34-25)3-2-5-28-23)10-22(36-14)24(31)19-11-27-13-29-20(19)8-15-7-17(21(30)9-15)12-35-37(26,32)33/h2-3,5,10-11,13,15,17,21,25,30H,4,6-9,12H2,1H3,(H2,26,32,33)/t15-,17+,21-,25?/m0/s1. The average Bonchev–Trinajstić information content (AvgIpc) is 3.43. The predicted octanol–water partition coefficient (Wildman–Crippen LogP) is 2.28. The monoisotopic (exact) mass is 544 g/mol. The van der Waals surface area contributed by atoms with Crippen molar-refractivity contribution in [3.05, 3.63) is 74.8 Å². The molecule has 10 nitrogen and oxygen atoms in total. The molecular weight excluding hydrogens is 516 g/mol. The highest BCUT2D eigenvalue weighted by atomic mass is 32.2. The van der Waals surface area contributed by atoms with Crippen LogP contribution in [0.4, 0.5) is 0 Å². The van der Waals surface area contributed by atoms with Gasteiger partial charge in [0, 0.05) is 28.8 Å². The Morgan fingerprint density at radius 2 is 2.16 bits per heavy atom. The zero-order valence-corrected chi connectivity index (χ0v) is 21.9. The summed E-state index contributed by atoms with van der Waals surface area (Å²) in [6.45, 7) is 2.39. The maximum Gasteiger partial charge on any atom is 0.333 e. The molecule has 5 rings (SSSR count). The van der Waals surface area contributed by atoms with E-state index >= 15 is 0 Å². The molecule has 0 saturated heterocycles. The maximum atomic E-state index is 13.6. The second-order valence-electron chi connectivity index (χ2n) is 9.53. The molecular formula is C25H28N4O6S2. The number of carbonyl (C=O) groups excluding carboxylic acids is 1. The van der Waals surface area contributed by atoms with Crippen molar-refractivity contribution in [1.29, 1.82) is 0 Å². The van der Waals surface area contributed by atoms with Crippen molar-refractivity contribution in [2.24, 2.45) is 17.0 Å². The Morgan fingerprint density at radius 1 is 1.32 bits per heavy atom. The summed E-state index contributed by atoms with van der Waals surface area (Å²) in [5.74, 6) is -0.525. The van der Waals surface area contributed by atoms with Gasteiger partial charge in [0.25, 0.3) is 0 Å². The lowest BCUT2D eigenvalue weighted by Crippen LogP contribution is -2.24. The summed E-state index contributed by atoms with van der Waals surface area (Å²) in [7, 11) is -4.07. The molecule has 4 heterocycles. The van der Waals surface area contributed by atoms with Crippen LogP contribution in [0.2, 0.25) is 0 Å². The molecule has 3 aromatic heterocycles. The first-order chi connectivity index (χ1) is 17.7.